The summed E-state index contributed by atoms with van der Waals surface area (Å²) in [6.45, 7) is 0.455. The quantitative estimate of drug-likeness (QED) is 0.789. The van der Waals surface area contributed by atoms with E-state index in [0.717, 1.165) is 0 Å². The van der Waals surface area contributed by atoms with Crippen LogP contribution in [0.25, 0.3) is 0 Å². The van der Waals surface area contributed by atoms with Gasteiger partial charge in [-0.1, -0.05) is 23.4 Å². The molecule has 2 fully saturated rings. The molecule has 0 unspecified atom stereocenters. The molecule has 9 heteroatoms. The van der Waals surface area contributed by atoms with Gasteiger partial charge >= 0.3 is 0 Å². The number of carbonyl (C=O) groups excluding carboxylic acids is 1. The van der Waals surface area contributed by atoms with Crippen molar-refractivity contribution in [2.75, 3.05) is 0 Å². The van der Waals surface area contributed by atoms with Gasteiger partial charge in [-0.15, -0.1) is 0 Å². The van der Waals surface area contributed by atoms with Crippen LogP contribution in [0, 0.1) is 5.82 Å². The van der Waals surface area contributed by atoms with E-state index in [-0.39, 0.29) is 37.2 Å². The molecule has 156 valence electrons. The minimum atomic E-state index is -2.56. The second kappa shape index (κ2) is 8.14. The first kappa shape index (κ1) is 19.9. The van der Waals surface area contributed by atoms with E-state index < -0.39 is 12.0 Å². The highest BCUT2D eigenvalue weighted by Gasteiger charge is 2.37. The minimum absolute atomic E-state index is 0.00203. The van der Waals surface area contributed by atoms with Gasteiger partial charge in [-0.25, -0.2) is 13.2 Å². The molecule has 1 N–H and O–H groups in total. The molecule has 2 heterocycles. The van der Waals surface area contributed by atoms with Gasteiger partial charge in [-0.2, -0.15) is 4.98 Å². The van der Waals surface area contributed by atoms with Gasteiger partial charge in [0, 0.05) is 37.4 Å². The Kier molecular flexibility index (Phi) is 5.58. The summed E-state index contributed by atoms with van der Waals surface area (Å²) in [4.78, 5) is 18.2. The Morgan fingerprint density at radius 1 is 1.21 bits per heavy atom. The number of nitrogens with zero attached hydrogens (tertiary/aromatic N) is 3. The van der Waals surface area contributed by atoms with Crippen LogP contribution >= 0.6 is 0 Å². The SMILES string of the molecule is O=C1CC[C@@H](c2nc(CNC3CCC(F)(F)CC3)no2)N1Cc1ccccc1F. The predicted molar refractivity (Wildman–Crippen MR) is 97.3 cm³/mol. The molecule has 0 bridgehead atoms. The van der Waals surface area contributed by atoms with Crippen molar-refractivity contribution in [3.8, 4) is 0 Å². The number of carbonyl (C=O) groups is 1. The highest BCUT2D eigenvalue weighted by atomic mass is 19.3. The fourth-order valence-corrected chi connectivity index (χ4v) is 3.95. The molecule has 1 amide bonds. The Bertz CT molecular complexity index is 863. The highest BCUT2D eigenvalue weighted by Crippen LogP contribution is 2.34. The van der Waals surface area contributed by atoms with E-state index >= 15 is 0 Å². The maximum atomic E-state index is 14.0. The molecule has 1 saturated heterocycles. The van der Waals surface area contributed by atoms with E-state index in [2.05, 4.69) is 15.5 Å². The lowest BCUT2D eigenvalue weighted by molar-refractivity contribution is -0.130. The number of alkyl halides is 2. The molecule has 4 rings (SSSR count). The first-order valence-corrected chi connectivity index (χ1v) is 9.88. The largest absolute Gasteiger partial charge is 0.337 e. The summed E-state index contributed by atoms with van der Waals surface area (Å²) in [5.41, 5.74) is 0.434. The van der Waals surface area contributed by atoms with Gasteiger partial charge in [0.25, 0.3) is 0 Å². The van der Waals surface area contributed by atoms with E-state index in [9.17, 15) is 18.0 Å². The van der Waals surface area contributed by atoms with Crippen molar-refractivity contribution in [3.63, 3.8) is 0 Å². The lowest BCUT2D eigenvalue weighted by atomic mass is 9.92. The molecule has 1 saturated carbocycles. The zero-order valence-electron chi connectivity index (χ0n) is 15.9. The van der Waals surface area contributed by atoms with E-state index in [1.165, 1.54) is 6.07 Å². The summed E-state index contributed by atoms with van der Waals surface area (Å²) in [7, 11) is 0. The molecule has 1 aliphatic carbocycles. The number of hydrogen-bond donors (Lipinski definition) is 1. The first-order valence-electron chi connectivity index (χ1n) is 9.88. The van der Waals surface area contributed by atoms with Crippen LogP contribution in [0.5, 0.6) is 0 Å². The molecule has 0 radical (unpaired) electrons. The average Bonchev–Trinajstić information content (AvgIpc) is 3.30. The third-order valence-electron chi connectivity index (χ3n) is 5.66. The van der Waals surface area contributed by atoms with E-state index in [0.29, 0.717) is 49.5 Å². The van der Waals surface area contributed by atoms with Crippen LogP contribution in [-0.4, -0.2) is 32.9 Å². The van der Waals surface area contributed by atoms with Crippen molar-refractivity contribution in [1.82, 2.24) is 20.4 Å². The number of hydrogen-bond acceptors (Lipinski definition) is 5. The minimum Gasteiger partial charge on any atom is -0.337 e. The zero-order valence-corrected chi connectivity index (χ0v) is 15.9. The van der Waals surface area contributed by atoms with Crippen molar-refractivity contribution in [1.29, 1.82) is 0 Å². The number of benzene rings is 1. The molecule has 2 aromatic rings. The molecule has 29 heavy (non-hydrogen) atoms. The normalized spacial score (nSPS) is 22.4. The number of nitrogens with one attached hydrogen (secondary N) is 1. The molecule has 1 aliphatic heterocycles. The van der Waals surface area contributed by atoms with Gasteiger partial charge in [0.05, 0.1) is 6.54 Å². The lowest BCUT2D eigenvalue weighted by Crippen LogP contribution is -2.36. The second-order valence-electron chi connectivity index (χ2n) is 7.73. The summed E-state index contributed by atoms with van der Waals surface area (Å²) in [6, 6.07) is 5.95. The van der Waals surface area contributed by atoms with Crippen molar-refractivity contribution in [3.05, 3.63) is 47.4 Å². The Morgan fingerprint density at radius 2 is 1.97 bits per heavy atom. The number of aromatic nitrogens is 2. The number of likely N-dealkylation sites (tertiary alicyclic amines) is 1. The molecule has 1 atom stereocenters. The maximum absolute atomic E-state index is 14.0. The zero-order chi connectivity index (χ0) is 20.4. The van der Waals surface area contributed by atoms with Crippen LogP contribution in [0.3, 0.4) is 0 Å². The summed E-state index contributed by atoms with van der Waals surface area (Å²) in [5.74, 6) is -2.27. The van der Waals surface area contributed by atoms with Crippen LogP contribution in [0.15, 0.2) is 28.8 Å². The third kappa shape index (κ3) is 4.60. The Hall–Kier alpha value is -2.42. The molecule has 0 spiro atoms. The van der Waals surface area contributed by atoms with Crippen LogP contribution < -0.4 is 5.32 Å². The molecular formula is C20H23F3N4O2. The first-order chi connectivity index (χ1) is 13.9. The molecular weight excluding hydrogens is 385 g/mol. The van der Waals surface area contributed by atoms with Gasteiger partial charge in [0.15, 0.2) is 5.82 Å². The fourth-order valence-electron chi connectivity index (χ4n) is 3.95. The van der Waals surface area contributed by atoms with Crippen LogP contribution in [0.4, 0.5) is 13.2 Å². The van der Waals surface area contributed by atoms with E-state index in [1.807, 2.05) is 0 Å². The van der Waals surface area contributed by atoms with Gasteiger partial charge in [-0.3, -0.25) is 4.79 Å². The third-order valence-corrected chi connectivity index (χ3v) is 5.66. The monoisotopic (exact) mass is 408 g/mol. The second-order valence-corrected chi connectivity index (χ2v) is 7.73. The summed E-state index contributed by atoms with van der Waals surface area (Å²) in [6.07, 6.45) is 1.45. The molecule has 2 aliphatic rings. The van der Waals surface area contributed by atoms with Crippen LogP contribution in [0.2, 0.25) is 0 Å². The lowest BCUT2D eigenvalue weighted by Gasteiger charge is -2.28. The summed E-state index contributed by atoms with van der Waals surface area (Å²) < 4.78 is 45.8. The number of halogens is 3. The van der Waals surface area contributed by atoms with Gasteiger partial charge in [-0.05, 0) is 25.3 Å². The number of rotatable bonds is 6. The van der Waals surface area contributed by atoms with Crippen LogP contribution in [-0.2, 0) is 17.9 Å². The van der Waals surface area contributed by atoms with Crippen molar-refractivity contribution in [2.24, 2.45) is 0 Å². The topological polar surface area (TPSA) is 71.3 Å². The Balaban J connectivity index is 1.38. The molecule has 6 nitrogen and oxygen atoms in total. The van der Waals surface area contributed by atoms with E-state index in [4.69, 9.17) is 4.52 Å². The van der Waals surface area contributed by atoms with E-state index in [1.54, 1.807) is 23.1 Å². The Labute approximate surface area is 166 Å². The van der Waals surface area contributed by atoms with Crippen molar-refractivity contribution in [2.45, 2.75) is 69.6 Å². The highest BCUT2D eigenvalue weighted by molar-refractivity contribution is 5.78. The van der Waals surface area contributed by atoms with Crippen molar-refractivity contribution >= 4 is 5.91 Å². The summed E-state index contributed by atoms with van der Waals surface area (Å²) in [5, 5.41) is 7.15. The van der Waals surface area contributed by atoms with Gasteiger partial charge in [0.2, 0.25) is 17.7 Å². The standard InChI is InChI=1S/C20H23F3N4O2/c21-15-4-2-1-3-13(15)12-27-16(5-6-18(27)28)19-25-17(26-29-19)11-24-14-7-9-20(22,23)10-8-14/h1-4,14,16,24H,5-12H2/t16-/m0/s1. The van der Waals surface area contributed by atoms with Gasteiger partial charge < -0.3 is 14.7 Å². The maximum Gasteiger partial charge on any atom is 0.249 e. The smallest absolute Gasteiger partial charge is 0.249 e. The fraction of sp³-hybridized carbons (Fsp3) is 0.550. The molecule has 1 aromatic heterocycles. The number of amides is 1. The predicted octanol–water partition coefficient (Wildman–Crippen LogP) is 3.74. The Morgan fingerprint density at radius 3 is 2.72 bits per heavy atom. The van der Waals surface area contributed by atoms with Gasteiger partial charge in [0.1, 0.15) is 11.9 Å². The van der Waals surface area contributed by atoms with Crippen molar-refractivity contribution < 1.29 is 22.5 Å². The van der Waals surface area contributed by atoms with Crippen LogP contribution in [0.1, 0.15) is 61.8 Å². The molecule has 1 aromatic carbocycles. The average molecular weight is 408 g/mol. The summed E-state index contributed by atoms with van der Waals surface area (Å²) >= 11 is 0.